The molecule has 1 heterocycles. The highest BCUT2D eigenvalue weighted by atomic mass is 16.3. The van der Waals surface area contributed by atoms with Crippen molar-refractivity contribution in [2.45, 2.75) is 44.2 Å². The van der Waals surface area contributed by atoms with Gasteiger partial charge >= 0.3 is 0 Å². The van der Waals surface area contributed by atoms with Gasteiger partial charge in [-0.15, -0.1) is 0 Å². The monoisotopic (exact) mass is 503 g/mol. The molecule has 4 rings (SSSR count). The van der Waals surface area contributed by atoms with Crippen LogP contribution in [0.2, 0.25) is 0 Å². The van der Waals surface area contributed by atoms with Gasteiger partial charge in [-0.2, -0.15) is 5.26 Å². The molecule has 0 spiro atoms. The minimum atomic E-state index is -0.610. The molecule has 2 aromatic rings. The molecule has 1 aliphatic heterocycles. The number of amides is 2. The lowest BCUT2D eigenvalue weighted by atomic mass is 10.1. The van der Waals surface area contributed by atoms with Gasteiger partial charge < -0.3 is 20.6 Å². The van der Waals surface area contributed by atoms with Crippen LogP contribution in [0.25, 0.3) is 0 Å². The topological polar surface area (TPSA) is 109 Å². The molecule has 2 aliphatic rings. The van der Waals surface area contributed by atoms with Crippen molar-refractivity contribution < 1.29 is 14.7 Å². The summed E-state index contributed by atoms with van der Waals surface area (Å²) in [7, 11) is 0. The van der Waals surface area contributed by atoms with Gasteiger partial charge in [0.15, 0.2) is 0 Å². The molecule has 1 saturated carbocycles. The molecule has 0 unspecified atom stereocenters. The van der Waals surface area contributed by atoms with Crippen LogP contribution < -0.4 is 10.6 Å². The third kappa shape index (κ3) is 7.39. The molecule has 3 N–H and O–H groups in total. The van der Waals surface area contributed by atoms with Crippen LogP contribution in [0.1, 0.15) is 52.2 Å². The van der Waals surface area contributed by atoms with Gasteiger partial charge in [-0.1, -0.05) is 29.8 Å². The van der Waals surface area contributed by atoms with E-state index in [9.17, 15) is 14.7 Å². The second kappa shape index (κ2) is 12.8. The normalized spacial score (nSPS) is 20.2. The van der Waals surface area contributed by atoms with Gasteiger partial charge in [-0.3, -0.25) is 14.5 Å². The molecule has 37 heavy (non-hydrogen) atoms. The third-order valence-corrected chi connectivity index (χ3v) is 7.35. The first-order valence-electron chi connectivity index (χ1n) is 13.2. The Balaban J connectivity index is 1.31. The highest BCUT2D eigenvalue weighted by Gasteiger charge is 2.37. The van der Waals surface area contributed by atoms with Crippen molar-refractivity contribution in [2.24, 2.45) is 0 Å². The van der Waals surface area contributed by atoms with Crippen molar-refractivity contribution in [1.82, 2.24) is 20.4 Å². The lowest BCUT2D eigenvalue weighted by Crippen LogP contribution is -2.55. The first-order valence-corrected chi connectivity index (χ1v) is 13.2. The maximum Gasteiger partial charge on any atom is 0.251 e. The maximum absolute atomic E-state index is 13.4. The molecule has 0 aromatic heterocycles. The van der Waals surface area contributed by atoms with E-state index in [4.69, 9.17) is 5.26 Å². The fraction of sp³-hybridized carbons (Fsp3) is 0.483. The number of hydrogen-bond donors (Lipinski definition) is 3. The van der Waals surface area contributed by atoms with Crippen molar-refractivity contribution in [3.63, 3.8) is 0 Å². The van der Waals surface area contributed by atoms with E-state index in [-0.39, 0.29) is 18.4 Å². The first-order chi connectivity index (χ1) is 18.0. The van der Waals surface area contributed by atoms with E-state index in [1.54, 1.807) is 24.3 Å². The largest absolute Gasteiger partial charge is 0.395 e. The second-order valence-electron chi connectivity index (χ2n) is 10.1. The zero-order chi connectivity index (χ0) is 26.2. The number of nitriles is 1. The number of benzene rings is 2. The number of nitrogens with zero attached hydrogens (tertiary/aromatic N) is 3. The van der Waals surface area contributed by atoms with E-state index in [0.717, 1.165) is 19.4 Å². The van der Waals surface area contributed by atoms with Crippen LogP contribution >= 0.6 is 0 Å². The average molecular weight is 504 g/mol. The van der Waals surface area contributed by atoms with Gasteiger partial charge in [0.1, 0.15) is 6.04 Å². The Labute approximate surface area is 219 Å². The first kappa shape index (κ1) is 26.8. The summed E-state index contributed by atoms with van der Waals surface area (Å²) in [5.74, 6) is 0.176. The fourth-order valence-electron chi connectivity index (χ4n) is 4.95. The van der Waals surface area contributed by atoms with Crippen molar-refractivity contribution in [1.29, 1.82) is 5.26 Å². The number of aliphatic hydroxyl groups is 1. The van der Waals surface area contributed by atoms with E-state index in [1.807, 2.05) is 4.90 Å². The molecule has 0 radical (unpaired) electrons. The smallest absolute Gasteiger partial charge is 0.251 e. The summed E-state index contributed by atoms with van der Waals surface area (Å²) in [5.41, 5.74) is 3.55. The van der Waals surface area contributed by atoms with Crippen LogP contribution in [0, 0.1) is 18.3 Å². The van der Waals surface area contributed by atoms with Gasteiger partial charge in [0.25, 0.3) is 5.91 Å². The zero-order valence-corrected chi connectivity index (χ0v) is 21.5. The van der Waals surface area contributed by atoms with E-state index in [1.165, 1.54) is 11.1 Å². The summed E-state index contributed by atoms with van der Waals surface area (Å²) in [6, 6.07) is 17.1. The summed E-state index contributed by atoms with van der Waals surface area (Å²) in [5, 5.41) is 24.8. The molecular weight excluding hydrogens is 466 g/mol. The Morgan fingerprint density at radius 2 is 1.78 bits per heavy atom. The number of carbonyl (C=O) groups excluding carboxylic acids is 2. The van der Waals surface area contributed by atoms with Crippen LogP contribution in [-0.4, -0.2) is 84.7 Å². The van der Waals surface area contributed by atoms with Crippen LogP contribution in [0.3, 0.4) is 0 Å². The predicted molar refractivity (Wildman–Crippen MR) is 142 cm³/mol. The molecule has 3 atom stereocenters. The lowest BCUT2D eigenvalue weighted by Gasteiger charge is -2.36. The molecule has 2 fully saturated rings. The minimum absolute atomic E-state index is 0.0606. The standard InChI is InChI=1S/C29H37N5O3/c1-21-4-8-23(9-5-21)25-19-27(25)31-12-2-3-26(29(37)34-15-13-33(14-16-34)17-18-35)32-28(36)24-10-6-22(20-30)7-11-24/h4-11,25-27,31,35H,2-3,12-19H2,1H3,(H,32,36)/t25-,26-,27+/m0/s1. The van der Waals surface area contributed by atoms with Crippen LogP contribution in [0.5, 0.6) is 0 Å². The zero-order valence-electron chi connectivity index (χ0n) is 21.5. The Hall–Kier alpha value is -3.25. The van der Waals surface area contributed by atoms with Crippen LogP contribution in [0.4, 0.5) is 0 Å². The van der Waals surface area contributed by atoms with Gasteiger partial charge in [0.05, 0.1) is 18.2 Å². The summed E-state index contributed by atoms with van der Waals surface area (Å²) in [6.45, 7) is 6.19. The van der Waals surface area contributed by atoms with Crippen molar-refractivity contribution in [3.05, 3.63) is 70.8 Å². The molecule has 1 saturated heterocycles. The number of β-amino-alcohol motifs (C(OH)–C–C–N with tert-alkyl or cyclic N) is 1. The van der Waals surface area contributed by atoms with Crippen molar-refractivity contribution in [2.75, 3.05) is 45.9 Å². The number of rotatable bonds is 11. The number of nitrogens with one attached hydrogen (secondary N) is 2. The van der Waals surface area contributed by atoms with Gasteiger partial charge in [-0.05, 0) is 62.6 Å². The quantitative estimate of drug-likeness (QED) is 0.405. The SMILES string of the molecule is Cc1ccc([C@@H]2C[C@H]2NCCC[C@H](NC(=O)c2ccc(C#N)cc2)C(=O)N2CCN(CCO)CC2)cc1. The molecule has 196 valence electrons. The summed E-state index contributed by atoms with van der Waals surface area (Å²) in [6.07, 6.45) is 2.44. The molecule has 2 aromatic carbocycles. The number of aryl methyl sites for hydroxylation is 1. The Bertz CT molecular complexity index is 1090. The molecule has 8 heteroatoms. The average Bonchev–Trinajstić information content (AvgIpc) is 3.70. The molecule has 8 nitrogen and oxygen atoms in total. The maximum atomic E-state index is 13.4. The Morgan fingerprint density at radius 3 is 2.43 bits per heavy atom. The van der Waals surface area contributed by atoms with Crippen molar-refractivity contribution >= 4 is 11.8 Å². The fourth-order valence-corrected chi connectivity index (χ4v) is 4.95. The van der Waals surface area contributed by atoms with Gasteiger partial charge in [0.2, 0.25) is 5.91 Å². The molecule has 1 aliphatic carbocycles. The summed E-state index contributed by atoms with van der Waals surface area (Å²) >= 11 is 0. The number of aliphatic hydroxyl groups excluding tert-OH is 1. The van der Waals surface area contributed by atoms with Crippen molar-refractivity contribution in [3.8, 4) is 6.07 Å². The van der Waals surface area contributed by atoms with Gasteiger partial charge in [0, 0.05) is 50.2 Å². The number of hydrogen-bond acceptors (Lipinski definition) is 6. The number of piperazine rings is 1. The minimum Gasteiger partial charge on any atom is -0.395 e. The van der Waals surface area contributed by atoms with E-state index in [0.29, 0.717) is 62.2 Å². The third-order valence-electron chi connectivity index (χ3n) is 7.35. The Morgan fingerprint density at radius 1 is 1.08 bits per heavy atom. The second-order valence-corrected chi connectivity index (χ2v) is 10.1. The van der Waals surface area contributed by atoms with E-state index in [2.05, 4.69) is 52.8 Å². The van der Waals surface area contributed by atoms with Gasteiger partial charge in [-0.25, -0.2) is 0 Å². The molecular formula is C29H37N5O3. The predicted octanol–water partition coefficient (Wildman–Crippen LogP) is 2.03. The highest BCUT2D eigenvalue weighted by Crippen LogP contribution is 2.40. The highest BCUT2D eigenvalue weighted by molar-refractivity contribution is 5.97. The summed E-state index contributed by atoms with van der Waals surface area (Å²) in [4.78, 5) is 30.3. The van der Waals surface area contributed by atoms with Crippen LogP contribution in [0.15, 0.2) is 48.5 Å². The molecule has 0 bridgehead atoms. The summed E-state index contributed by atoms with van der Waals surface area (Å²) < 4.78 is 0. The molecule has 2 amide bonds. The lowest BCUT2D eigenvalue weighted by molar-refractivity contribution is -0.135. The number of carbonyl (C=O) groups is 2. The Kier molecular flexibility index (Phi) is 9.29. The van der Waals surface area contributed by atoms with E-state index < -0.39 is 6.04 Å². The van der Waals surface area contributed by atoms with Crippen LogP contribution in [-0.2, 0) is 4.79 Å². The van der Waals surface area contributed by atoms with E-state index >= 15 is 0 Å².